The first-order valence-electron chi connectivity index (χ1n) is 13.6. The minimum absolute atomic E-state index is 0.0316. The Morgan fingerprint density at radius 3 is 0.833 bits per heavy atom. The maximum Gasteiger partial charge on any atom is 0.123 e. The zero-order chi connectivity index (χ0) is 28.1. The summed E-state index contributed by atoms with van der Waals surface area (Å²) in [6, 6.07) is 13.2. The van der Waals surface area contributed by atoms with E-state index in [2.05, 4.69) is 147 Å². The van der Waals surface area contributed by atoms with Crippen LogP contribution in [0.15, 0.2) is 36.4 Å². The smallest absolute Gasteiger partial charge is 0.123 e. The van der Waals surface area contributed by atoms with Gasteiger partial charge in [-0.3, -0.25) is 0 Å². The van der Waals surface area contributed by atoms with E-state index in [0.717, 1.165) is 0 Å². The number of benzene rings is 2. The highest BCUT2D eigenvalue weighted by Crippen LogP contribution is 2.44. The molecule has 0 aromatic heterocycles. The van der Waals surface area contributed by atoms with E-state index in [9.17, 15) is 0 Å². The van der Waals surface area contributed by atoms with E-state index in [1.807, 2.05) is 0 Å². The lowest BCUT2D eigenvalue weighted by Crippen LogP contribution is -2.35. The summed E-state index contributed by atoms with van der Waals surface area (Å²) in [5.41, 5.74) is 6.49. The van der Waals surface area contributed by atoms with Crippen molar-refractivity contribution in [2.45, 2.75) is 144 Å². The van der Waals surface area contributed by atoms with Crippen LogP contribution in [0.3, 0.4) is 0 Å². The SMILES string of the molecule is CC(C)(C)c1cccc(C(C)(C)OOC(C)(C)c2cccc(C(C)(C)C)c2C(C)(C)C)c1C(C)(C)C. The molecule has 2 nitrogen and oxygen atoms in total. The summed E-state index contributed by atoms with van der Waals surface area (Å²) in [4.78, 5) is 12.9. The van der Waals surface area contributed by atoms with Gasteiger partial charge in [0.05, 0.1) is 0 Å². The van der Waals surface area contributed by atoms with Gasteiger partial charge in [-0.2, -0.15) is 0 Å². The Labute approximate surface area is 223 Å². The highest BCUT2D eigenvalue weighted by atomic mass is 17.2. The van der Waals surface area contributed by atoms with E-state index in [-0.39, 0.29) is 21.7 Å². The molecule has 0 N–H and O–H groups in total. The topological polar surface area (TPSA) is 18.5 Å². The third-order valence-electron chi connectivity index (χ3n) is 7.00. The molecule has 0 aliphatic heterocycles. The van der Waals surface area contributed by atoms with Crippen LogP contribution in [0.1, 0.15) is 144 Å². The fraction of sp³-hybridized carbons (Fsp3) is 0.647. The summed E-state index contributed by atoms with van der Waals surface area (Å²) in [5.74, 6) is 0. The van der Waals surface area contributed by atoms with Gasteiger partial charge in [0, 0.05) is 0 Å². The Morgan fingerprint density at radius 1 is 0.361 bits per heavy atom. The molecule has 2 aromatic rings. The van der Waals surface area contributed by atoms with Crippen molar-refractivity contribution in [3.63, 3.8) is 0 Å². The summed E-state index contributed by atoms with van der Waals surface area (Å²) in [5, 5.41) is 0. The van der Waals surface area contributed by atoms with Crippen molar-refractivity contribution >= 4 is 0 Å². The van der Waals surface area contributed by atoms with Crippen molar-refractivity contribution in [2.24, 2.45) is 0 Å². The van der Waals surface area contributed by atoms with E-state index in [4.69, 9.17) is 9.78 Å². The summed E-state index contributed by atoms with van der Waals surface area (Å²) in [6.45, 7) is 35.9. The van der Waals surface area contributed by atoms with Gasteiger partial charge in [0.25, 0.3) is 0 Å². The Morgan fingerprint density at radius 2 is 0.611 bits per heavy atom. The van der Waals surface area contributed by atoms with Gasteiger partial charge in [-0.1, -0.05) is 119 Å². The minimum atomic E-state index is -0.634. The van der Waals surface area contributed by atoms with Crippen LogP contribution in [-0.2, 0) is 42.6 Å². The Hall–Kier alpha value is -1.64. The van der Waals surface area contributed by atoms with Crippen LogP contribution >= 0.6 is 0 Å². The predicted octanol–water partition coefficient (Wildman–Crippen LogP) is 10.00. The standard InChI is InChI=1S/C34H54O2/c1-29(2,3)23-19-17-21-25(27(23)31(7,8)9)33(13,14)35-36-34(15,16)26-22-18-20-24(30(4,5)6)28(26)32(10,11)12/h17-22H,1-16H3. The van der Waals surface area contributed by atoms with Crippen LogP contribution in [0, 0.1) is 0 Å². The molecule has 0 saturated heterocycles. The van der Waals surface area contributed by atoms with Gasteiger partial charge in [-0.05, 0) is 82.7 Å². The monoisotopic (exact) mass is 494 g/mol. The molecule has 0 amide bonds. The first kappa shape index (κ1) is 30.6. The molecular formula is C34H54O2. The fourth-order valence-corrected chi connectivity index (χ4v) is 5.27. The molecule has 0 radical (unpaired) electrons. The van der Waals surface area contributed by atoms with Crippen molar-refractivity contribution in [3.8, 4) is 0 Å². The fourth-order valence-electron chi connectivity index (χ4n) is 5.27. The van der Waals surface area contributed by atoms with Gasteiger partial charge >= 0.3 is 0 Å². The van der Waals surface area contributed by atoms with Crippen LogP contribution in [0.2, 0.25) is 0 Å². The zero-order valence-corrected chi connectivity index (χ0v) is 26.3. The normalized spacial score (nSPS) is 14.3. The molecule has 0 aliphatic carbocycles. The van der Waals surface area contributed by atoms with E-state index in [1.165, 1.54) is 33.4 Å². The summed E-state index contributed by atoms with van der Waals surface area (Å²) < 4.78 is 0. The first-order valence-corrected chi connectivity index (χ1v) is 13.6. The van der Waals surface area contributed by atoms with Crippen LogP contribution in [0.5, 0.6) is 0 Å². The Bertz CT molecular complexity index is 971. The van der Waals surface area contributed by atoms with Crippen molar-refractivity contribution in [1.29, 1.82) is 0 Å². The van der Waals surface area contributed by atoms with Crippen molar-refractivity contribution in [2.75, 3.05) is 0 Å². The van der Waals surface area contributed by atoms with E-state index in [1.54, 1.807) is 0 Å². The number of hydrogen-bond donors (Lipinski definition) is 0. The van der Waals surface area contributed by atoms with Crippen LogP contribution in [-0.4, -0.2) is 0 Å². The number of rotatable bonds is 5. The Kier molecular flexibility index (Phi) is 8.15. The molecule has 202 valence electrons. The molecule has 0 saturated carbocycles. The molecule has 0 spiro atoms. The van der Waals surface area contributed by atoms with E-state index >= 15 is 0 Å². The second-order valence-corrected chi connectivity index (χ2v) is 15.6. The molecule has 2 heteroatoms. The van der Waals surface area contributed by atoms with Crippen LogP contribution in [0.4, 0.5) is 0 Å². The van der Waals surface area contributed by atoms with Gasteiger partial charge in [0.1, 0.15) is 11.2 Å². The summed E-state index contributed by atoms with van der Waals surface area (Å²) >= 11 is 0. The van der Waals surface area contributed by atoms with Crippen LogP contribution in [0.25, 0.3) is 0 Å². The number of hydrogen-bond acceptors (Lipinski definition) is 2. The first-order chi connectivity index (χ1) is 15.9. The molecular weight excluding hydrogens is 440 g/mol. The van der Waals surface area contributed by atoms with E-state index < -0.39 is 11.2 Å². The van der Waals surface area contributed by atoms with Crippen molar-refractivity contribution in [1.82, 2.24) is 0 Å². The maximum atomic E-state index is 6.43. The summed E-state index contributed by atoms with van der Waals surface area (Å²) in [7, 11) is 0. The average molecular weight is 495 g/mol. The molecule has 0 heterocycles. The highest BCUT2D eigenvalue weighted by Gasteiger charge is 2.38. The largest absolute Gasteiger partial charge is 0.225 e. The predicted molar refractivity (Wildman–Crippen MR) is 156 cm³/mol. The lowest BCUT2D eigenvalue weighted by atomic mass is 9.71. The molecule has 0 fully saturated rings. The zero-order valence-electron chi connectivity index (χ0n) is 26.3. The lowest BCUT2D eigenvalue weighted by Gasteiger charge is -2.40. The molecule has 2 aromatic carbocycles. The minimum Gasteiger partial charge on any atom is -0.225 e. The quantitative estimate of drug-likeness (QED) is 0.304. The van der Waals surface area contributed by atoms with E-state index in [0.29, 0.717) is 0 Å². The third-order valence-corrected chi connectivity index (χ3v) is 7.00. The van der Waals surface area contributed by atoms with Crippen LogP contribution < -0.4 is 0 Å². The lowest BCUT2D eigenvalue weighted by molar-refractivity contribution is -0.410. The van der Waals surface area contributed by atoms with Crippen molar-refractivity contribution < 1.29 is 9.78 Å². The Balaban J connectivity index is 2.59. The van der Waals surface area contributed by atoms with Gasteiger partial charge in [-0.15, -0.1) is 0 Å². The maximum absolute atomic E-state index is 6.43. The second kappa shape index (κ2) is 9.59. The average Bonchev–Trinajstić information content (AvgIpc) is 2.69. The highest BCUT2D eigenvalue weighted by molar-refractivity contribution is 5.47. The molecule has 2 rings (SSSR count). The second-order valence-electron chi connectivity index (χ2n) is 15.6. The van der Waals surface area contributed by atoms with Gasteiger partial charge < -0.3 is 0 Å². The molecule has 0 aliphatic rings. The summed E-state index contributed by atoms with van der Waals surface area (Å²) in [6.07, 6.45) is 0. The third kappa shape index (κ3) is 6.62. The van der Waals surface area contributed by atoms with Crippen molar-refractivity contribution in [3.05, 3.63) is 69.8 Å². The molecule has 0 bridgehead atoms. The van der Waals surface area contributed by atoms with Gasteiger partial charge in [0.15, 0.2) is 0 Å². The molecule has 36 heavy (non-hydrogen) atoms. The van der Waals surface area contributed by atoms with Gasteiger partial charge in [-0.25, -0.2) is 9.78 Å². The molecule has 0 unspecified atom stereocenters. The molecule has 0 atom stereocenters. The van der Waals surface area contributed by atoms with Gasteiger partial charge in [0.2, 0.25) is 0 Å².